The minimum absolute atomic E-state index is 0.217. The molecule has 0 radical (unpaired) electrons. The van der Waals surface area contributed by atoms with E-state index in [0.717, 1.165) is 0 Å². The third kappa shape index (κ3) is 2.16. The van der Waals surface area contributed by atoms with Crippen LogP contribution in [0.3, 0.4) is 0 Å². The van der Waals surface area contributed by atoms with Crippen LogP contribution in [0.4, 0.5) is 0 Å². The quantitative estimate of drug-likeness (QED) is 0.760. The number of aromatic hydroxyl groups is 1. The molecule has 1 aliphatic heterocycles. The van der Waals surface area contributed by atoms with Gasteiger partial charge in [0, 0.05) is 7.05 Å². The number of amidine groups is 1. The average molecular weight is 219 g/mol. The Morgan fingerprint density at radius 2 is 1.94 bits per heavy atom. The van der Waals surface area contributed by atoms with Gasteiger partial charge in [0.1, 0.15) is 11.6 Å². The van der Waals surface area contributed by atoms with Crippen molar-refractivity contribution in [1.29, 1.82) is 0 Å². The summed E-state index contributed by atoms with van der Waals surface area (Å²) in [7, 11) is 1.84. The summed E-state index contributed by atoms with van der Waals surface area (Å²) in [6, 6.07) is 7.07. The number of hydrazone groups is 1. The zero-order chi connectivity index (χ0) is 12.1. The molecule has 0 aliphatic carbocycles. The van der Waals surface area contributed by atoms with Gasteiger partial charge in [-0.05, 0) is 12.1 Å². The van der Waals surface area contributed by atoms with Gasteiger partial charge in [-0.15, -0.1) is 0 Å². The largest absolute Gasteiger partial charge is 0.507 e. The Bertz CT molecular complexity index is 412. The third-order valence-corrected chi connectivity index (χ3v) is 2.16. The summed E-state index contributed by atoms with van der Waals surface area (Å²) >= 11 is 0. The Morgan fingerprint density at radius 3 is 2.44 bits per heavy atom. The van der Waals surface area contributed by atoms with Gasteiger partial charge in [-0.3, -0.25) is 5.43 Å². The van der Waals surface area contributed by atoms with Crippen LogP contribution in [0.2, 0.25) is 0 Å². The van der Waals surface area contributed by atoms with Crippen molar-refractivity contribution in [3.05, 3.63) is 42.2 Å². The molecule has 4 nitrogen and oxygen atoms in total. The summed E-state index contributed by atoms with van der Waals surface area (Å²) < 4.78 is 0. The first-order valence-corrected chi connectivity index (χ1v) is 5.25. The number of nitrogens with zero attached hydrogens (tertiary/aromatic N) is 2. The van der Waals surface area contributed by atoms with E-state index < -0.39 is 0 Å². The molecule has 0 spiro atoms. The predicted molar refractivity (Wildman–Crippen MR) is 66.0 cm³/mol. The van der Waals surface area contributed by atoms with Crippen molar-refractivity contribution in [3.8, 4) is 5.75 Å². The monoisotopic (exact) mass is 219 g/mol. The Kier molecular flexibility index (Phi) is 3.94. The topological polar surface area (TPSA) is 47.9 Å². The number of hydrogen-bond donors (Lipinski definition) is 2. The fraction of sp³-hybridized carbons (Fsp3) is 0.250. The first-order chi connectivity index (χ1) is 7.70. The van der Waals surface area contributed by atoms with E-state index in [9.17, 15) is 5.11 Å². The van der Waals surface area contributed by atoms with Crippen LogP contribution in [0.15, 0.2) is 41.8 Å². The van der Waals surface area contributed by atoms with Crippen LogP contribution in [0.1, 0.15) is 19.4 Å². The van der Waals surface area contributed by atoms with Gasteiger partial charge in [-0.25, -0.2) is 0 Å². The van der Waals surface area contributed by atoms with Crippen LogP contribution in [-0.4, -0.2) is 22.9 Å². The maximum Gasteiger partial charge on any atom is 0.165 e. The van der Waals surface area contributed by atoms with Crippen molar-refractivity contribution < 1.29 is 5.11 Å². The zero-order valence-electron chi connectivity index (χ0n) is 9.86. The molecule has 1 aliphatic rings. The molecule has 1 aromatic carbocycles. The molecule has 2 rings (SSSR count). The molecule has 2 N–H and O–H groups in total. The van der Waals surface area contributed by atoms with Gasteiger partial charge in [-0.2, -0.15) is 5.10 Å². The number of phenolic OH excluding ortho intramolecular Hbond substituents is 1. The van der Waals surface area contributed by atoms with Crippen molar-refractivity contribution in [3.63, 3.8) is 0 Å². The van der Waals surface area contributed by atoms with Gasteiger partial charge < -0.3 is 10.0 Å². The van der Waals surface area contributed by atoms with Crippen LogP contribution in [0, 0.1) is 0 Å². The van der Waals surface area contributed by atoms with Crippen molar-refractivity contribution in [2.75, 3.05) is 7.05 Å². The van der Waals surface area contributed by atoms with Crippen LogP contribution in [0.25, 0.3) is 0 Å². The lowest BCUT2D eigenvalue weighted by molar-refractivity contribution is 0.472. The Morgan fingerprint density at radius 1 is 1.31 bits per heavy atom. The fourth-order valence-corrected chi connectivity index (χ4v) is 1.30. The first-order valence-electron chi connectivity index (χ1n) is 5.25. The Labute approximate surface area is 95.9 Å². The van der Waals surface area contributed by atoms with Gasteiger partial charge in [-0.1, -0.05) is 32.6 Å². The summed E-state index contributed by atoms with van der Waals surface area (Å²) in [5, 5.41) is 13.7. The highest BCUT2D eigenvalue weighted by atomic mass is 16.3. The average Bonchev–Trinajstić information content (AvgIpc) is 2.64. The number of phenols is 1. The molecule has 16 heavy (non-hydrogen) atoms. The van der Waals surface area contributed by atoms with Gasteiger partial charge in [0.15, 0.2) is 5.84 Å². The van der Waals surface area contributed by atoms with Gasteiger partial charge in [0.25, 0.3) is 0 Å². The molecular formula is C12H17N3O. The van der Waals surface area contributed by atoms with Crippen molar-refractivity contribution in [2.45, 2.75) is 13.8 Å². The maximum atomic E-state index is 9.61. The lowest BCUT2D eigenvalue weighted by Gasteiger charge is -2.14. The smallest absolute Gasteiger partial charge is 0.165 e. The molecule has 86 valence electrons. The van der Waals surface area contributed by atoms with Crippen LogP contribution >= 0.6 is 0 Å². The maximum absolute atomic E-state index is 9.61. The molecule has 0 amide bonds. The van der Waals surface area contributed by atoms with Crippen LogP contribution < -0.4 is 5.43 Å². The van der Waals surface area contributed by atoms with E-state index in [-0.39, 0.29) is 5.75 Å². The molecule has 0 saturated heterocycles. The second-order valence-electron chi connectivity index (χ2n) is 3.07. The third-order valence-electron chi connectivity index (χ3n) is 2.16. The minimum atomic E-state index is 0.217. The molecule has 4 heteroatoms. The standard InChI is InChI=1S/C10H11N3O.C2H6/c1-7-11-12-10(13(7)2)8-5-3-4-6-9(8)14;1-2/h3-6,11,14H,1H2,2H3;1-2H3. The fourth-order valence-electron chi connectivity index (χ4n) is 1.30. The highest BCUT2D eigenvalue weighted by Crippen LogP contribution is 2.21. The zero-order valence-corrected chi connectivity index (χ0v) is 9.86. The second kappa shape index (κ2) is 5.21. The van der Waals surface area contributed by atoms with E-state index in [0.29, 0.717) is 17.2 Å². The number of rotatable bonds is 1. The molecule has 0 unspecified atom stereocenters. The van der Waals surface area contributed by atoms with Gasteiger partial charge >= 0.3 is 0 Å². The first kappa shape index (κ1) is 12.1. The lowest BCUT2D eigenvalue weighted by atomic mass is 10.2. The van der Waals surface area contributed by atoms with E-state index in [1.54, 1.807) is 17.0 Å². The highest BCUT2D eigenvalue weighted by molar-refractivity contribution is 6.02. The van der Waals surface area contributed by atoms with E-state index in [2.05, 4.69) is 17.1 Å². The Balaban J connectivity index is 0.000000606. The Hall–Kier alpha value is -1.97. The lowest BCUT2D eigenvalue weighted by Crippen LogP contribution is -2.22. The normalized spacial score (nSPS) is 13.8. The second-order valence-corrected chi connectivity index (χ2v) is 3.07. The predicted octanol–water partition coefficient (Wildman–Crippen LogP) is 2.09. The van der Waals surface area contributed by atoms with Gasteiger partial charge in [0.05, 0.1) is 5.56 Å². The van der Waals surface area contributed by atoms with Crippen molar-refractivity contribution in [2.24, 2.45) is 5.10 Å². The SMILES string of the molecule is C=C1NN=C(c2ccccc2O)N1C.CC. The summed E-state index contributed by atoms with van der Waals surface area (Å²) in [6.45, 7) is 7.76. The minimum Gasteiger partial charge on any atom is -0.507 e. The molecule has 0 saturated carbocycles. The molecule has 1 heterocycles. The number of para-hydroxylation sites is 1. The number of nitrogens with one attached hydrogen (secondary N) is 1. The number of hydrogen-bond acceptors (Lipinski definition) is 4. The summed E-state index contributed by atoms with van der Waals surface area (Å²) in [5.74, 6) is 1.59. The van der Waals surface area contributed by atoms with E-state index in [1.165, 1.54) is 0 Å². The molecule has 1 aromatic rings. The molecule has 0 bridgehead atoms. The number of benzene rings is 1. The summed E-state index contributed by atoms with van der Waals surface area (Å²) in [6.07, 6.45) is 0. The summed E-state index contributed by atoms with van der Waals surface area (Å²) in [5.41, 5.74) is 3.45. The van der Waals surface area contributed by atoms with Crippen LogP contribution in [0.5, 0.6) is 5.75 Å². The van der Waals surface area contributed by atoms with Crippen LogP contribution in [-0.2, 0) is 0 Å². The van der Waals surface area contributed by atoms with E-state index >= 15 is 0 Å². The van der Waals surface area contributed by atoms with E-state index in [4.69, 9.17) is 0 Å². The molecule has 0 aromatic heterocycles. The summed E-state index contributed by atoms with van der Waals surface area (Å²) in [4.78, 5) is 1.79. The van der Waals surface area contributed by atoms with Crippen molar-refractivity contribution in [1.82, 2.24) is 10.3 Å². The van der Waals surface area contributed by atoms with Gasteiger partial charge in [0.2, 0.25) is 0 Å². The van der Waals surface area contributed by atoms with E-state index in [1.807, 2.05) is 33.0 Å². The molecule has 0 fully saturated rings. The molecule has 0 atom stereocenters. The molecular weight excluding hydrogens is 202 g/mol. The van der Waals surface area contributed by atoms with Crippen molar-refractivity contribution >= 4 is 5.84 Å². The highest BCUT2D eigenvalue weighted by Gasteiger charge is 2.20.